The van der Waals surface area contributed by atoms with E-state index in [-0.39, 0.29) is 17.1 Å². The van der Waals surface area contributed by atoms with Gasteiger partial charge >= 0.3 is 0 Å². The largest absolute Gasteiger partial charge is 0.496 e. The number of rotatable bonds is 5. The summed E-state index contributed by atoms with van der Waals surface area (Å²) in [6, 6.07) is 10.4. The molecule has 0 unspecified atom stereocenters. The molecule has 0 spiro atoms. The summed E-state index contributed by atoms with van der Waals surface area (Å²) in [6.45, 7) is 0.0763. The lowest BCUT2D eigenvalue weighted by Gasteiger charge is -2.04. The van der Waals surface area contributed by atoms with Crippen molar-refractivity contribution in [2.24, 2.45) is 0 Å². The number of carbonyl (C=O) groups is 1. The molecule has 1 aromatic carbocycles. The number of nitrogens with one attached hydrogen (secondary N) is 2. The van der Waals surface area contributed by atoms with Crippen molar-refractivity contribution in [3.05, 3.63) is 69.3 Å². The standard InChI is InChI=1S/C17H14ClN3O4/c1-24-15-5-3-2-4-12(15)14-7-11(25-21-14)9-20-17(23)13-6-10(18)8-19-16(13)22/h2-8H,9H2,1H3,(H,19,22)(H,20,23). The Morgan fingerprint density at radius 3 is 2.96 bits per heavy atom. The number of aromatic nitrogens is 2. The van der Waals surface area contributed by atoms with Gasteiger partial charge in [-0.2, -0.15) is 0 Å². The number of nitrogens with zero attached hydrogens (tertiary/aromatic N) is 1. The molecule has 2 aromatic heterocycles. The Morgan fingerprint density at radius 2 is 2.16 bits per heavy atom. The summed E-state index contributed by atoms with van der Waals surface area (Å²) in [5.74, 6) is 0.545. The molecule has 0 aliphatic heterocycles. The maximum absolute atomic E-state index is 12.1. The summed E-state index contributed by atoms with van der Waals surface area (Å²) in [4.78, 5) is 26.1. The van der Waals surface area contributed by atoms with E-state index in [1.807, 2.05) is 24.3 Å². The van der Waals surface area contributed by atoms with Gasteiger partial charge in [-0.1, -0.05) is 28.9 Å². The van der Waals surface area contributed by atoms with Crippen LogP contribution in [0, 0.1) is 0 Å². The molecule has 8 heteroatoms. The number of ether oxygens (including phenoxy) is 1. The quantitative estimate of drug-likeness (QED) is 0.729. The lowest BCUT2D eigenvalue weighted by atomic mass is 10.1. The van der Waals surface area contributed by atoms with Gasteiger partial charge in [0.25, 0.3) is 11.5 Å². The lowest BCUT2D eigenvalue weighted by molar-refractivity contribution is 0.0945. The minimum atomic E-state index is -0.556. The first kappa shape index (κ1) is 16.8. The zero-order chi connectivity index (χ0) is 17.8. The van der Waals surface area contributed by atoms with Crippen LogP contribution in [-0.4, -0.2) is 23.2 Å². The number of aromatic amines is 1. The number of amides is 1. The van der Waals surface area contributed by atoms with Crippen LogP contribution >= 0.6 is 11.6 Å². The normalized spacial score (nSPS) is 10.5. The zero-order valence-electron chi connectivity index (χ0n) is 13.2. The second-order valence-corrected chi connectivity index (χ2v) is 5.56. The van der Waals surface area contributed by atoms with E-state index in [2.05, 4.69) is 15.5 Å². The number of hydrogen-bond acceptors (Lipinski definition) is 5. The molecule has 0 radical (unpaired) electrons. The van der Waals surface area contributed by atoms with Gasteiger partial charge in [-0.05, 0) is 18.2 Å². The first-order valence-electron chi connectivity index (χ1n) is 7.34. The zero-order valence-corrected chi connectivity index (χ0v) is 14.0. The van der Waals surface area contributed by atoms with Gasteiger partial charge in [0.1, 0.15) is 17.0 Å². The van der Waals surface area contributed by atoms with Crippen LogP contribution in [0.25, 0.3) is 11.3 Å². The smallest absolute Gasteiger partial charge is 0.260 e. The van der Waals surface area contributed by atoms with Gasteiger partial charge in [0.2, 0.25) is 0 Å². The third-order valence-corrected chi connectivity index (χ3v) is 3.70. The van der Waals surface area contributed by atoms with Crippen LogP contribution in [0.15, 0.2) is 51.9 Å². The highest BCUT2D eigenvalue weighted by Gasteiger charge is 2.14. The number of methoxy groups -OCH3 is 1. The van der Waals surface area contributed by atoms with Crippen LogP contribution in [0.4, 0.5) is 0 Å². The average molecular weight is 360 g/mol. The number of pyridine rings is 1. The first-order valence-corrected chi connectivity index (χ1v) is 7.71. The van der Waals surface area contributed by atoms with Gasteiger partial charge in [0, 0.05) is 17.8 Å². The number of carbonyl (C=O) groups excluding carboxylic acids is 1. The van der Waals surface area contributed by atoms with Gasteiger partial charge < -0.3 is 19.6 Å². The van der Waals surface area contributed by atoms with E-state index in [0.29, 0.717) is 17.2 Å². The highest BCUT2D eigenvalue weighted by molar-refractivity contribution is 6.30. The molecule has 2 N–H and O–H groups in total. The molecular weight excluding hydrogens is 346 g/mol. The van der Waals surface area contributed by atoms with E-state index in [1.54, 1.807) is 13.2 Å². The molecule has 0 bridgehead atoms. The Morgan fingerprint density at radius 1 is 1.36 bits per heavy atom. The van der Waals surface area contributed by atoms with Crippen molar-refractivity contribution < 1.29 is 14.1 Å². The van der Waals surface area contributed by atoms with Gasteiger partial charge in [-0.25, -0.2) is 0 Å². The van der Waals surface area contributed by atoms with E-state index in [9.17, 15) is 9.59 Å². The number of para-hydroxylation sites is 1. The maximum Gasteiger partial charge on any atom is 0.260 e. The van der Waals surface area contributed by atoms with Crippen molar-refractivity contribution in [2.45, 2.75) is 6.54 Å². The Labute approximate surface area is 147 Å². The van der Waals surface area contributed by atoms with Gasteiger partial charge in [-0.15, -0.1) is 0 Å². The first-order chi connectivity index (χ1) is 12.1. The summed E-state index contributed by atoms with van der Waals surface area (Å²) in [7, 11) is 1.57. The third kappa shape index (κ3) is 3.72. The SMILES string of the molecule is COc1ccccc1-c1cc(CNC(=O)c2cc(Cl)c[nH]c2=O)on1. The van der Waals surface area contributed by atoms with Crippen molar-refractivity contribution >= 4 is 17.5 Å². The minimum Gasteiger partial charge on any atom is -0.496 e. The molecule has 0 fully saturated rings. The van der Waals surface area contributed by atoms with E-state index in [1.165, 1.54) is 12.3 Å². The summed E-state index contributed by atoms with van der Waals surface area (Å²) < 4.78 is 10.5. The van der Waals surface area contributed by atoms with E-state index in [4.69, 9.17) is 20.9 Å². The Hall–Kier alpha value is -3.06. The Kier molecular flexibility index (Phi) is 4.85. The van der Waals surface area contributed by atoms with Crippen LogP contribution in [0.5, 0.6) is 5.75 Å². The molecule has 0 atom stereocenters. The van der Waals surface area contributed by atoms with Gasteiger partial charge in [-0.3, -0.25) is 9.59 Å². The Bertz CT molecular complexity index is 964. The fourth-order valence-electron chi connectivity index (χ4n) is 2.27. The van der Waals surface area contributed by atoms with Crippen LogP contribution in [0.2, 0.25) is 5.02 Å². The summed E-state index contributed by atoms with van der Waals surface area (Å²) in [5.41, 5.74) is 0.770. The number of H-pyrrole nitrogens is 1. The predicted molar refractivity (Wildman–Crippen MR) is 91.7 cm³/mol. The molecule has 3 aromatic rings. The predicted octanol–water partition coefficient (Wildman–Crippen LogP) is 2.62. The van der Waals surface area contributed by atoms with Gasteiger partial charge in [0.05, 0.1) is 18.7 Å². The second kappa shape index (κ2) is 7.23. The molecule has 0 saturated carbocycles. The monoisotopic (exact) mass is 359 g/mol. The lowest BCUT2D eigenvalue weighted by Crippen LogP contribution is -2.28. The highest BCUT2D eigenvalue weighted by atomic mass is 35.5. The maximum atomic E-state index is 12.1. The second-order valence-electron chi connectivity index (χ2n) is 5.12. The molecule has 7 nitrogen and oxygen atoms in total. The molecule has 0 aliphatic carbocycles. The fourth-order valence-corrected chi connectivity index (χ4v) is 2.43. The third-order valence-electron chi connectivity index (χ3n) is 3.48. The minimum absolute atomic E-state index is 0.0723. The van der Waals surface area contributed by atoms with Crippen molar-refractivity contribution in [3.8, 4) is 17.0 Å². The fraction of sp³-hybridized carbons (Fsp3) is 0.118. The van der Waals surface area contributed by atoms with E-state index < -0.39 is 11.5 Å². The van der Waals surface area contributed by atoms with Crippen LogP contribution in [0.1, 0.15) is 16.1 Å². The molecule has 1 amide bonds. The van der Waals surface area contributed by atoms with E-state index >= 15 is 0 Å². The molecule has 25 heavy (non-hydrogen) atoms. The van der Waals surface area contributed by atoms with Crippen molar-refractivity contribution in [3.63, 3.8) is 0 Å². The van der Waals surface area contributed by atoms with Gasteiger partial charge in [0.15, 0.2) is 5.76 Å². The van der Waals surface area contributed by atoms with Crippen molar-refractivity contribution in [1.82, 2.24) is 15.5 Å². The molecule has 0 aliphatic rings. The summed E-state index contributed by atoms with van der Waals surface area (Å²) >= 11 is 5.79. The van der Waals surface area contributed by atoms with E-state index in [0.717, 1.165) is 5.56 Å². The number of hydrogen-bond donors (Lipinski definition) is 2. The molecule has 3 rings (SSSR count). The van der Waals surface area contributed by atoms with Crippen LogP contribution in [0.3, 0.4) is 0 Å². The van der Waals surface area contributed by atoms with Crippen LogP contribution < -0.4 is 15.6 Å². The Balaban J connectivity index is 1.73. The molecular formula is C17H14ClN3O4. The molecule has 0 saturated heterocycles. The topological polar surface area (TPSA) is 97.2 Å². The average Bonchev–Trinajstić information content (AvgIpc) is 3.10. The van der Waals surface area contributed by atoms with Crippen LogP contribution in [-0.2, 0) is 6.54 Å². The number of benzene rings is 1. The molecule has 128 valence electrons. The highest BCUT2D eigenvalue weighted by Crippen LogP contribution is 2.28. The van der Waals surface area contributed by atoms with Crippen molar-refractivity contribution in [1.29, 1.82) is 0 Å². The summed E-state index contributed by atoms with van der Waals surface area (Å²) in [6.07, 6.45) is 1.32. The summed E-state index contributed by atoms with van der Waals surface area (Å²) in [5, 5.41) is 6.84. The van der Waals surface area contributed by atoms with Crippen molar-refractivity contribution in [2.75, 3.05) is 7.11 Å². The molecule has 2 heterocycles. The number of halogens is 1.